The highest BCUT2D eigenvalue weighted by molar-refractivity contribution is 7.74. The first-order valence-electron chi connectivity index (χ1n) is 12.9. The Kier molecular flexibility index (Phi) is 7.42. The van der Waals surface area contributed by atoms with Crippen LogP contribution in [0.1, 0.15) is 105 Å². The predicted octanol–water partition coefficient (Wildman–Crippen LogP) is 10.7. The Morgan fingerprint density at radius 1 is 0.417 bits per heavy atom. The van der Waals surface area contributed by atoms with Crippen molar-refractivity contribution in [2.45, 2.75) is 105 Å². The van der Waals surface area contributed by atoms with Gasteiger partial charge >= 0.3 is 0 Å². The highest BCUT2D eigenvalue weighted by atomic mass is 32.1. The van der Waals surface area contributed by atoms with Crippen molar-refractivity contribution < 1.29 is 0 Å². The summed E-state index contributed by atoms with van der Waals surface area (Å²) in [7, 11) is 0. The second-order valence-electron chi connectivity index (χ2n) is 14.3. The molecule has 0 heterocycles. The van der Waals surface area contributed by atoms with Gasteiger partial charge in [0.25, 0.3) is 0 Å². The van der Waals surface area contributed by atoms with E-state index in [1.165, 1.54) is 22.3 Å². The maximum atomic E-state index is 5.70. The van der Waals surface area contributed by atoms with E-state index in [9.17, 15) is 0 Å². The van der Waals surface area contributed by atoms with Gasteiger partial charge in [0.05, 0.1) is 20.4 Å². The topological polar surface area (TPSA) is 24.1 Å². The maximum absolute atomic E-state index is 5.70. The molecule has 0 saturated carbocycles. The Morgan fingerprint density at radius 3 is 0.833 bits per heavy atom. The van der Waals surface area contributed by atoms with Crippen LogP contribution in [0.4, 0.5) is 22.7 Å². The van der Waals surface area contributed by atoms with Crippen molar-refractivity contribution in [1.29, 1.82) is 0 Å². The van der Waals surface area contributed by atoms with Crippen LogP contribution in [0.3, 0.4) is 0 Å². The smallest absolute Gasteiger partial charge is 0.0838 e. The number of rotatable bonds is 4. The molecule has 0 spiro atoms. The van der Waals surface area contributed by atoms with Crippen LogP contribution >= 0.6 is 24.4 Å². The molecule has 3 aromatic carbocycles. The van der Waals surface area contributed by atoms with Gasteiger partial charge in [-0.1, -0.05) is 120 Å². The van der Waals surface area contributed by atoms with Crippen molar-refractivity contribution in [3.63, 3.8) is 0 Å². The Hall–Kier alpha value is -2.04. The zero-order chi connectivity index (χ0) is 27.4. The molecule has 0 atom stereocenters. The predicted molar refractivity (Wildman–Crippen MR) is 165 cm³/mol. The molecule has 0 saturated heterocycles. The van der Waals surface area contributed by atoms with Crippen molar-refractivity contribution in [3.8, 4) is 0 Å². The van der Waals surface area contributed by atoms with E-state index in [4.69, 9.17) is 24.4 Å². The summed E-state index contributed by atoms with van der Waals surface area (Å²) in [6.07, 6.45) is 0. The van der Waals surface area contributed by atoms with E-state index in [2.05, 4.69) is 130 Å². The van der Waals surface area contributed by atoms with Gasteiger partial charge in [0.15, 0.2) is 0 Å². The maximum Gasteiger partial charge on any atom is 0.0838 e. The van der Waals surface area contributed by atoms with Crippen LogP contribution in [0, 0.1) is 9.02 Å². The van der Waals surface area contributed by atoms with Crippen LogP contribution in [0.5, 0.6) is 0 Å². The normalized spacial score (nSPS) is 13.2. The van der Waals surface area contributed by atoms with Crippen LogP contribution in [0.2, 0.25) is 0 Å². The number of benzene rings is 2. The monoisotopic (exact) mass is 520 g/mol. The Morgan fingerprint density at radius 2 is 0.639 bits per heavy atom. The summed E-state index contributed by atoms with van der Waals surface area (Å²) in [6, 6.07) is 13.6. The molecule has 2 nitrogen and oxygen atoms in total. The largest absolute Gasteiger partial charge is 0.353 e. The fourth-order valence-corrected chi connectivity index (χ4v) is 4.56. The molecule has 0 bridgehead atoms. The van der Waals surface area contributed by atoms with E-state index >= 15 is 0 Å². The van der Waals surface area contributed by atoms with E-state index in [1.54, 1.807) is 0 Å². The van der Waals surface area contributed by atoms with Gasteiger partial charge in [-0.25, -0.2) is 0 Å². The lowest BCUT2D eigenvalue weighted by Gasteiger charge is -2.28. The molecule has 0 radical (unpaired) electrons. The molecule has 2 N–H and O–H groups in total. The molecule has 4 heteroatoms. The molecule has 3 aromatic rings. The van der Waals surface area contributed by atoms with Crippen molar-refractivity contribution in [1.82, 2.24) is 0 Å². The fraction of sp³-hybridized carbons (Fsp3) is 0.500. The molecule has 3 rings (SSSR count). The van der Waals surface area contributed by atoms with E-state index in [-0.39, 0.29) is 21.7 Å². The minimum absolute atomic E-state index is 0.0410. The van der Waals surface area contributed by atoms with E-state index in [0.717, 1.165) is 22.7 Å². The van der Waals surface area contributed by atoms with E-state index in [1.807, 2.05) is 0 Å². The van der Waals surface area contributed by atoms with Crippen molar-refractivity contribution in [2.75, 3.05) is 10.6 Å². The van der Waals surface area contributed by atoms with E-state index < -0.39 is 0 Å². The molecule has 0 aromatic heterocycles. The fourth-order valence-electron chi connectivity index (χ4n) is 4.05. The van der Waals surface area contributed by atoms with Gasteiger partial charge in [0, 0.05) is 11.4 Å². The van der Waals surface area contributed by atoms with Gasteiger partial charge in [0.2, 0.25) is 0 Å². The molecule has 0 aliphatic rings. The number of hydrogen-bond donors (Lipinski definition) is 2. The molecular weight excluding hydrogens is 477 g/mol. The molecular formula is C32H44N2S2. The molecule has 0 aliphatic heterocycles. The summed E-state index contributed by atoms with van der Waals surface area (Å²) in [6.45, 7) is 27.0. The Labute approximate surface area is 229 Å². The molecule has 0 fully saturated rings. The molecule has 194 valence electrons. The van der Waals surface area contributed by atoms with Crippen molar-refractivity contribution >= 4 is 47.2 Å². The molecule has 0 unspecified atom stereocenters. The highest BCUT2D eigenvalue weighted by Crippen LogP contribution is 2.41. The van der Waals surface area contributed by atoms with Crippen LogP contribution in [0.25, 0.3) is 0 Å². The average molecular weight is 521 g/mol. The van der Waals surface area contributed by atoms with Crippen LogP contribution < -0.4 is 10.6 Å². The third kappa shape index (κ3) is 6.26. The van der Waals surface area contributed by atoms with E-state index in [0.29, 0.717) is 9.02 Å². The standard InChI is InChI=1S/C32H44N2S2/c1-29(2,3)19-13-20(30(4,5)6)16-23(15-19)33-25-26(28(36)27(25)35)34-24-17-21(31(7,8)9)14-22(18-24)32(10,11)12/h13-18,33-34H,1-12H3. The summed E-state index contributed by atoms with van der Waals surface area (Å²) in [5.41, 5.74) is 9.26. The zero-order valence-electron chi connectivity index (χ0n) is 24.3. The third-order valence-electron chi connectivity index (χ3n) is 6.78. The van der Waals surface area contributed by atoms with Crippen LogP contribution in [-0.2, 0) is 21.7 Å². The first kappa shape index (κ1) is 28.5. The average Bonchev–Trinajstić information content (AvgIpc) is 2.73. The van der Waals surface area contributed by atoms with Gasteiger partial charge in [-0.15, -0.1) is 0 Å². The van der Waals surface area contributed by atoms with Crippen molar-refractivity contribution in [2.24, 2.45) is 0 Å². The number of nitrogens with one attached hydrogen (secondary N) is 2. The summed E-state index contributed by atoms with van der Waals surface area (Å²) in [5.74, 6) is 0. The minimum atomic E-state index is 0.0410. The first-order chi connectivity index (χ1) is 16.2. The Bertz CT molecular complexity index is 1170. The molecule has 0 aliphatic carbocycles. The molecule has 0 amide bonds. The number of hydrogen-bond acceptors (Lipinski definition) is 4. The Balaban J connectivity index is 2.06. The minimum Gasteiger partial charge on any atom is -0.353 e. The second-order valence-corrected chi connectivity index (χ2v) is 15.1. The lowest BCUT2D eigenvalue weighted by atomic mass is 9.80. The van der Waals surface area contributed by atoms with Gasteiger partial charge in [-0.05, 0) is 68.2 Å². The lowest BCUT2D eigenvalue weighted by Crippen LogP contribution is -2.17. The quantitative estimate of drug-likeness (QED) is 0.334. The summed E-state index contributed by atoms with van der Waals surface area (Å²) < 4.78 is 1.43. The van der Waals surface area contributed by atoms with Gasteiger partial charge < -0.3 is 10.6 Å². The van der Waals surface area contributed by atoms with Crippen LogP contribution in [0.15, 0.2) is 36.4 Å². The van der Waals surface area contributed by atoms with Gasteiger partial charge in [0.1, 0.15) is 0 Å². The second kappa shape index (κ2) is 9.36. The highest BCUT2D eigenvalue weighted by Gasteiger charge is 2.24. The third-order valence-corrected chi connectivity index (χ3v) is 7.72. The SMILES string of the molecule is CC(C)(C)c1cc(Nc2c(Nc3cc(C(C)(C)C)cc(C(C)(C)C)c3)c(=S)c2=S)cc(C(C)(C)C)c1. The van der Waals surface area contributed by atoms with Gasteiger partial charge in [-0.3, -0.25) is 0 Å². The number of anilines is 4. The lowest BCUT2D eigenvalue weighted by molar-refractivity contribution is 0.568. The first-order valence-corrected chi connectivity index (χ1v) is 13.7. The van der Waals surface area contributed by atoms with Crippen molar-refractivity contribution in [3.05, 3.63) is 67.7 Å². The zero-order valence-corrected chi connectivity index (χ0v) is 25.9. The summed E-state index contributed by atoms with van der Waals surface area (Å²) >= 11 is 11.4. The summed E-state index contributed by atoms with van der Waals surface area (Å²) in [4.78, 5) is 0. The van der Waals surface area contributed by atoms with Crippen LogP contribution in [-0.4, -0.2) is 0 Å². The molecule has 36 heavy (non-hydrogen) atoms. The summed E-state index contributed by atoms with van der Waals surface area (Å²) in [5, 5.41) is 7.26. The van der Waals surface area contributed by atoms with Gasteiger partial charge in [-0.2, -0.15) is 0 Å².